The number of fused-ring (bicyclic) bond motifs is 1. The molecule has 19 nitrogen and oxygen atoms in total. The van der Waals surface area contributed by atoms with Gasteiger partial charge in [-0.1, -0.05) is 12.1 Å². The van der Waals surface area contributed by atoms with Crippen LogP contribution in [0.3, 0.4) is 0 Å². The normalized spacial score (nSPS) is 16.6. The molecule has 3 aromatic carbocycles. The smallest absolute Gasteiger partial charge is 0.420 e. The van der Waals surface area contributed by atoms with Crippen molar-refractivity contribution < 1.29 is 79.8 Å². The van der Waals surface area contributed by atoms with Gasteiger partial charge in [-0.3, -0.25) is 43.9 Å². The van der Waals surface area contributed by atoms with Gasteiger partial charge in [0.1, 0.15) is 11.8 Å². The van der Waals surface area contributed by atoms with Gasteiger partial charge >= 0.3 is 6.18 Å². The maximum absolute atomic E-state index is 13.6. The van der Waals surface area contributed by atoms with E-state index in [-0.39, 0.29) is 72.3 Å². The van der Waals surface area contributed by atoms with Crippen molar-refractivity contribution in [3.63, 3.8) is 0 Å². The van der Waals surface area contributed by atoms with Gasteiger partial charge < -0.3 is 43.2 Å². The van der Waals surface area contributed by atoms with Crippen LogP contribution in [0.15, 0.2) is 59.5 Å². The zero-order valence-electron chi connectivity index (χ0n) is 37.3. The van der Waals surface area contributed by atoms with Crippen molar-refractivity contribution in [3.05, 3.63) is 87.3 Å². The van der Waals surface area contributed by atoms with Crippen molar-refractivity contribution in [1.82, 2.24) is 15.1 Å². The SMILES string of the molecule is COc1cc(/C=C2\SC(=O)N(CCOCCOCCOCCOCCOCCOCCNc3cccc4c3C(=O)N(C3CCC(=O)NC3=O)C4=O)C2=O)ccc1Oc1ccc(C#N)cc1C(F)(F)F. The zero-order chi connectivity index (χ0) is 49.3. The molecular formula is C46H48F3N5O14S. The van der Waals surface area contributed by atoms with Crippen LogP contribution in [0.5, 0.6) is 17.2 Å². The van der Waals surface area contributed by atoms with E-state index in [9.17, 15) is 41.9 Å². The number of alkyl halides is 3. The number of hydrogen-bond acceptors (Lipinski definition) is 17. The molecule has 0 spiro atoms. The molecule has 3 aliphatic heterocycles. The Bertz CT molecular complexity index is 2450. The number of piperidine rings is 1. The van der Waals surface area contributed by atoms with Gasteiger partial charge in [-0.05, 0) is 72.3 Å². The number of amides is 6. The molecule has 69 heavy (non-hydrogen) atoms. The molecule has 3 aliphatic rings. The van der Waals surface area contributed by atoms with Crippen molar-refractivity contribution in [3.8, 4) is 23.3 Å². The lowest BCUT2D eigenvalue weighted by Crippen LogP contribution is -2.54. The highest BCUT2D eigenvalue weighted by Crippen LogP contribution is 2.42. The number of nitriles is 1. The monoisotopic (exact) mass is 983 g/mol. The Morgan fingerprint density at radius 2 is 1.39 bits per heavy atom. The fourth-order valence-corrected chi connectivity index (χ4v) is 7.87. The molecule has 1 unspecified atom stereocenters. The summed E-state index contributed by atoms with van der Waals surface area (Å²) in [6, 6.07) is 12.7. The average molecular weight is 984 g/mol. The van der Waals surface area contributed by atoms with E-state index in [2.05, 4.69) is 10.6 Å². The van der Waals surface area contributed by atoms with Crippen LogP contribution in [0.1, 0.15) is 50.2 Å². The van der Waals surface area contributed by atoms with Crippen LogP contribution < -0.4 is 20.1 Å². The fourth-order valence-electron chi connectivity index (χ4n) is 7.01. The van der Waals surface area contributed by atoms with E-state index in [0.717, 1.165) is 27.6 Å². The van der Waals surface area contributed by atoms with E-state index in [0.29, 0.717) is 83.3 Å². The van der Waals surface area contributed by atoms with Crippen molar-refractivity contribution in [2.45, 2.75) is 25.1 Å². The van der Waals surface area contributed by atoms with Crippen molar-refractivity contribution in [2.24, 2.45) is 0 Å². The summed E-state index contributed by atoms with van der Waals surface area (Å²) in [5.41, 5.74) is -0.0693. The highest BCUT2D eigenvalue weighted by molar-refractivity contribution is 8.18. The van der Waals surface area contributed by atoms with Gasteiger partial charge in [0, 0.05) is 18.7 Å². The van der Waals surface area contributed by atoms with E-state index in [4.69, 9.17) is 43.2 Å². The Morgan fingerprint density at radius 1 is 0.768 bits per heavy atom. The molecule has 0 aliphatic carbocycles. The van der Waals surface area contributed by atoms with Crippen LogP contribution in [0, 0.1) is 11.3 Å². The predicted molar refractivity (Wildman–Crippen MR) is 238 cm³/mol. The van der Waals surface area contributed by atoms with E-state index in [1.165, 1.54) is 43.5 Å². The molecule has 0 aromatic heterocycles. The summed E-state index contributed by atoms with van der Waals surface area (Å²) in [6.45, 7) is 3.90. The summed E-state index contributed by atoms with van der Waals surface area (Å²) in [6.07, 6.45) is -3.21. The maximum atomic E-state index is 13.6. The molecule has 0 bridgehead atoms. The van der Waals surface area contributed by atoms with Crippen molar-refractivity contribution >= 4 is 58.3 Å². The number of halogens is 3. The van der Waals surface area contributed by atoms with E-state index in [1.807, 2.05) is 0 Å². The van der Waals surface area contributed by atoms with Crippen LogP contribution in [0.25, 0.3) is 6.08 Å². The van der Waals surface area contributed by atoms with Gasteiger partial charge in [0.15, 0.2) is 11.5 Å². The highest BCUT2D eigenvalue weighted by atomic mass is 32.2. The van der Waals surface area contributed by atoms with Gasteiger partial charge in [0.2, 0.25) is 11.8 Å². The lowest BCUT2D eigenvalue weighted by Gasteiger charge is -2.27. The van der Waals surface area contributed by atoms with E-state index < -0.39 is 58.3 Å². The Morgan fingerprint density at radius 3 is 2.00 bits per heavy atom. The summed E-state index contributed by atoms with van der Waals surface area (Å²) in [7, 11) is 1.30. The van der Waals surface area contributed by atoms with Gasteiger partial charge in [0.05, 0.1) is 126 Å². The van der Waals surface area contributed by atoms with E-state index >= 15 is 0 Å². The first-order chi connectivity index (χ1) is 33.3. The number of anilines is 1. The number of hydrogen-bond donors (Lipinski definition) is 2. The molecule has 2 saturated heterocycles. The Labute approximate surface area is 398 Å². The minimum atomic E-state index is -4.78. The zero-order valence-corrected chi connectivity index (χ0v) is 38.1. The van der Waals surface area contributed by atoms with Gasteiger partial charge in [-0.25, -0.2) is 0 Å². The summed E-state index contributed by atoms with van der Waals surface area (Å²) in [4.78, 5) is 77.8. The van der Waals surface area contributed by atoms with Crippen LogP contribution in [-0.2, 0) is 49.0 Å². The van der Waals surface area contributed by atoms with Crippen LogP contribution in [0.2, 0.25) is 0 Å². The molecule has 2 fully saturated rings. The Balaban J connectivity index is 0.749. The molecule has 1 atom stereocenters. The van der Waals surface area contributed by atoms with Crippen LogP contribution in [-0.4, -0.2) is 150 Å². The second-order valence-electron chi connectivity index (χ2n) is 14.9. The maximum Gasteiger partial charge on any atom is 0.420 e. The summed E-state index contributed by atoms with van der Waals surface area (Å²) in [5.74, 6) is -3.30. The molecule has 0 radical (unpaired) electrons. The Hall–Kier alpha value is -6.39. The number of imide groups is 3. The van der Waals surface area contributed by atoms with Crippen LogP contribution in [0.4, 0.5) is 23.7 Å². The first-order valence-electron chi connectivity index (χ1n) is 21.6. The number of carbonyl (C=O) groups excluding carboxylic acids is 6. The summed E-state index contributed by atoms with van der Waals surface area (Å²) in [5, 5.41) is 13.8. The number of carbonyl (C=O) groups is 6. The topological polar surface area (TPSA) is 231 Å². The summed E-state index contributed by atoms with van der Waals surface area (Å²) < 4.78 is 84.9. The number of methoxy groups -OCH3 is 1. The molecule has 6 amide bonds. The Kier molecular flexibility index (Phi) is 19.1. The summed E-state index contributed by atoms with van der Waals surface area (Å²) >= 11 is 0.735. The molecule has 3 aromatic rings. The number of benzene rings is 3. The first-order valence-corrected chi connectivity index (χ1v) is 22.4. The molecule has 6 rings (SSSR count). The lowest BCUT2D eigenvalue weighted by atomic mass is 10.0. The molecule has 0 saturated carbocycles. The molecule has 2 N–H and O–H groups in total. The number of thioether (sulfide) groups is 1. The van der Waals surface area contributed by atoms with Gasteiger partial charge in [0.25, 0.3) is 23.0 Å². The minimum Gasteiger partial charge on any atom is -0.493 e. The third-order valence-electron chi connectivity index (χ3n) is 10.3. The third-order valence-corrected chi connectivity index (χ3v) is 11.2. The van der Waals surface area contributed by atoms with Crippen molar-refractivity contribution in [2.75, 3.05) is 105 Å². The molecular weight excluding hydrogens is 936 g/mol. The second-order valence-corrected chi connectivity index (χ2v) is 15.9. The second kappa shape index (κ2) is 25.3. The largest absolute Gasteiger partial charge is 0.493 e. The van der Waals surface area contributed by atoms with Gasteiger partial charge in [-0.2, -0.15) is 18.4 Å². The van der Waals surface area contributed by atoms with Crippen LogP contribution >= 0.6 is 11.8 Å². The van der Waals surface area contributed by atoms with Crippen molar-refractivity contribution in [1.29, 1.82) is 5.26 Å². The predicted octanol–water partition coefficient (Wildman–Crippen LogP) is 5.03. The standard InChI is InChI=1S/C46H48F3N5O14S/c1-61-37-26-29(5-9-36(37)68-35-8-6-30(28-50)25-32(35)46(47,48)49)27-38-43(58)53(45(60)69-38)12-14-63-16-18-65-20-22-67-24-23-66-21-19-64-17-15-62-13-11-51-33-4-2-3-31-40(33)44(59)54(42(31)57)34-7-10-39(55)52-41(34)56/h2-6,8-9,25-27,34,51H,7,10-24H2,1H3,(H,52,55,56)/b38-27-. The minimum absolute atomic E-state index is 0.00908. The number of nitrogens with one attached hydrogen (secondary N) is 2. The van der Waals surface area contributed by atoms with Gasteiger partial charge in [-0.15, -0.1) is 0 Å². The number of rotatable bonds is 27. The molecule has 368 valence electrons. The fraction of sp³-hybridized carbons (Fsp3) is 0.413. The molecule has 23 heteroatoms. The number of nitrogens with zero attached hydrogens (tertiary/aromatic N) is 3. The van der Waals surface area contributed by atoms with E-state index in [1.54, 1.807) is 18.2 Å². The quantitative estimate of drug-likeness (QED) is 0.0580. The first kappa shape index (κ1) is 52.0. The highest BCUT2D eigenvalue weighted by Gasteiger charge is 2.45. The molecule has 3 heterocycles. The third kappa shape index (κ3) is 14.1. The average Bonchev–Trinajstić information content (AvgIpc) is 3.74. The lowest BCUT2D eigenvalue weighted by molar-refractivity contribution is -0.139. The number of ether oxygens (including phenoxy) is 8.